The number of hydrogen-bond donors (Lipinski definition) is 2. The van der Waals surface area contributed by atoms with Crippen molar-refractivity contribution in [2.45, 2.75) is 121 Å². The van der Waals surface area contributed by atoms with Gasteiger partial charge in [0.05, 0.1) is 0 Å². The van der Waals surface area contributed by atoms with Gasteiger partial charge in [-0.1, -0.05) is 44.9 Å². The van der Waals surface area contributed by atoms with Crippen LogP contribution in [0.4, 0.5) is 0 Å². The molecule has 4 aliphatic rings. The van der Waals surface area contributed by atoms with Gasteiger partial charge in [-0.15, -0.1) is 0 Å². The fraction of sp³-hybridized carbons (Fsp3) is 0.880. The number of amides is 3. The van der Waals surface area contributed by atoms with Crippen LogP contribution in [-0.2, 0) is 14.4 Å². The smallest absolute Gasteiger partial charge is 0.246 e. The number of carbonyl (C=O) groups is 3. The monoisotopic (exact) mass is 431 g/mol. The lowest BCUT2D eigenvalue weighted by Crippen LogP contribution is -2.56. The molecule has 3 aliphatic carbocycles. The second-order valence-electron chi connectivity index (χ2n) is 10.5. The van der Waals surface area contributed by atoms with Crippen LogP contribution in [0.2, 0.25) is 0 Å². The van der Waals surface area contributed by atoms with Crippen LogP contribution in [0.25, 0.3) is 0 Å². The Morgan fingerprint density at radius 2 is 1.42 bits per heavy atom. The van der Waals surface area contributed by atoms with Crippen LogP contribution in [0.3, 0.4) is 0 Å². The van der Waals surface area contributed by atoms with Crippen molar-refractivity contribution in [3.63, 3.8) is 0 Å². The Morgan fingerprint density at radius 1 is 0.774 bits per heavy atom. The van der Waals surface area contributed by atoms with Crippen LogP contribution < -0.4 is 10.6 Å². The van der Waals surface area contributed by atoms with E-state index in [0.29, 0.717) is 18.9 Å². The molecule has 2 atom stereocenters. The minimum Gasteiger partial charge on any atom is -0.352 e. The molecule has 4 fully saturated rings. The fourth-order valence-corrected chi connectivity index (χ4v) is 6.41. The molecule has 2 N–H and O–H groups in total. The third kappa shape index (κ3) is 5.81. The second-order valence-corrected chi connectivity index (χ2v) is 10.5. The van der Waals surface area contributed by atoms with Gasteiger partial charge in [0.25, 0.3) is 0 Å². The second kappa shape index (κ2) is 10.8. The zero-order valence-corrected chi connectivity index (χ0v) is 19.1. The van der Waals surface area contributed by atoms with Gasteiger partial charge in [0.2, 0.25) is 17.7 Å². The largest absolute Gasteiger partial charge is 0.352 e. The molecule has 3 amide bonds. The third-order valence-corrected chi connectivity index (χ3v) is 8.19. The Hall–Kier alpha value is -1.59. The van der Waals surface area contributed by atoms with E-state index in [-0.39, 0.29) is 35.7 Å². The van der Waals surface area contributed by atoms with Crippen molar-refractivity contribution in [3.8, 4) is 0 Å². The predicted octanol–water partition coefficient (Wildman–Crippen LogP) is 3.68. The van der Waals surface area contributed by atoms with Crippen LogP contribution in [-0.4, -0.2) is 47.3 Å². The SMILES string of the molecule is O=C(CC1CCCC1)N[C@H](C(=O)N1CCC[C@H]1C(=O)NC1CCCC1)C1CCCCC1. The summed E-state index contributed by atoms with van der Waals surface area (Å²) in [6.07, 6.45) is 16.7. The highest BCUT2D eigenvalue weighted by Crippen LogP contribution is 2.31. The van der Waals surface area contributed by atoms with E-state index in [2.05, 4.69) is 10.6 Å². The normalized spacial score (nSPS) is 26.8. The number of hydrogen-bond acceptors (Lipinski definition) is 3. The van der Waals surface area contributed by atoms with Gasteiger partial charge in [0.1, 0.15) is 12.1 Å². The van der Waals surface area contributed by atoms with Crippen LogP contribution in [0.1, 0.15) is 103 Å². The zero-order chi connectivity index (χ0) is 21.6. The van der Waals surface area contributed by atoms with Gasteiger partial charge in [0.15, 0.2) is 0 Å². The Balaban J connectivity index is 1.41. The van der Waals surface area contributed by atoms with Gasteiger partial charge in [-0.05, 0) is 63.2 Å². The molecule has 0 radical (unpaired) electrons. The lowest BCUT2D eigenvalue weighted by molar-refractivity contribution is -0.143. The Morgan fingerprint density at radius 3 is 2.13 bits per heavy atom. The highest BCUT2D eigenvalue weighted by Gasteiger charge is 2.41. The van der Waals surface area contributed by atoms with Crippen LogP contribution in [0.5, 0.6) is 0 Å². The van der Waals surface area contributed by atoms with Crippen molar-refractivity contribution in [3.05, 3.63) is 0 Å². The van der Waals surface area contributed by atoms with E-state index in [0.717, 1.165) is 64.2 Å². The molecular weight excluding hydrogens is 390 g/mol. The summed E-state index contributed by atoms with van der Waals surface area (Å²) in [5.74, 6) is 0.696. The highest BCUT2D eigenvalue weighted by molar-refractivity contribution is 5.93. The Labute approximate surface area is 187 Å². The average molecular weight is 432 g/mol. The van der Waals surface area contributed by atoms with Gasteiger partial charge < -0.3 is 15.5 Å². The summed E-state index contributed by atoms with van der Waals surface area (Å²) >= 11 is 0. The Kier molecular flexibility index (Phi) is 7.89. The molecule has 3 saturated carbocycles. The summed E-state index contributed by atoms with van der Waals surface area (Å²) in [6, 6.07) is -0.565. The first-order valence-corrected chi connectivity index (χ1v) is 13.0. The van der Waals surface area contributed by atoms with E-state index in [9.17, 15) is 14.4 Å². The molecule has 0 bridgehead atoms. The first-order chi connectivity index (χ1) is 15.1. The summed E-state index contributed by atoms with van der Waals surface area (Å²) in [5.41, 5.74) is 0. The van der Waals surface area contributed by atoms with Crippen molar-refractivity contribution >= 4 is 17.7 Å². The molecule has 4 rings (SSSR count). The van der Waals surface area contributed by atoms with Crippen molar-refractivity contribution in [2.24, 2.45) is 11.8 Å². The first-order valence-electron chi connectivity index (χ1n) is 13.0. The molecule has 0 aromatic heterocycles. The molecule has 0 spiro atoms. The van der Waals surface area contributed by atoms with E-state index in [1.165, 1.54) is 32.1 Å². The van der Waals surface area contributed by atoms with Crippen molar-refractivity contribution in [1.82, 2.24) is 15.5 Å². The lowest BCUT2D eigenvalue weighted by Gasteiger charge is -2.35. The van der Waals surface area contributed by atoms with Gasteiger partial charge in [-0.3, -0.25) is 14.4 Å². The van der Waals surface area contributed by atoms with Crippen molar-refractivity contribution in [2.75, 3.05) is 6.54 Å². The molecule has 6 nitrogen and oxygen atoms in total. The summed E-state index contributed by atoms with van der Waals surface area (Å²) in [4.78, 5) is 41.3. The predicted molar refractivity (Wildman–Crippen MR) is 120 cm³/mol. The number of likely N-dealkylation sites (tertiary alicyclic amines) is 1. The molecule has 0 aromatic carbocycles. The number of carbonyl (C=O) groups excluding carboxylic acids is 3. The molecule has 1 heterocycles. The van der Waals surface area contributed by atoms with Gasteiger partial charge >= 0.3 is 0 Å². The van der Waals surface area contributed by atoms with E-state index in [1.807, 2.05) is 0 Å². The topological polar surface area (TPSA) is 78.5 Å². The van der Waals surface area contributed by atoms with E-state index in [1.54, 1.807) is 4.90 Å². The fourth-order valence-electron chi connectivity index (χ4n) is 6.41. The maximum atomic E-state index is 13.7. The molecule has 0 aromatic rings. The van der Waals surface area contributed by atoms with E-state index in [4.69, 9.17) is 0 Å². The number of nitrogens with zero attached hydrogens (tertiary/aromatic N) is 1. The maximum Gasteiger partial charge on any atom is 0.246 e. The van der Waals surface area contributed by atoms with Crippen LogP contribution >= 0.6 is 0 Å². The molecule has 0 unspecified atom stereocenters. The van der Waals surface area contributed by atoms with E-state index >= 15 is 0 Å². The summed E-state index contributed by atoms with van der Waals surface area (Å²) < 4.78 is 0. The molecule has 31 heavy (non-hydrogen) atoms. The minimum absolute atomic E-state index is 0.0115. The maximum absolute atomic E-state index is 13.7. The van der Waals surface area contributed by atoms with Gasteiger partial charge in [-0.25, -0.2) is 0 Å². The highest BCUT2D eigenvalue weighted by atomic mass is 16.2. The zero-order valence-electron chi connectivity index (χ0n) is 19.1. The number of rotatable bonds is 7. The molecule has 6 heteroatoms. The molecule has 1 saturated heterocycles. The van der Waals surface area contributed by atoms with Crippen molar-refractivity contribution in [1.29, 1.82) is 0 Å². The average Bonchev–Trinajstić information content (AvgIpc) is 3.54. The standard InChI is InChI=1S/C25H41N3O3/c29-22(17-18-9-4-5-10-18)27-23(19-11-2-1-3-12-19)25(31)28-16-8-15-21(28)24(30)26-20-13-6-7-14-20/h18-21,23H,1-17H2,(H,26,30)(H,27,29)/t21-,23-/m0/s1. The van der Waals surface area contributed by atoms with Crippen LogP contribution in [0.15, 0.2) is 0 Å². The quantitative estimate of drug-likeness (QED) is 0.645. The summed E-state index contributed by atoms with van der Waals surface area (Å²) in [7, 11) is 0. The van der Waals surface area contributed by atoms with Crippen LogP contribution in [0, 0.1) is 11.8 Å². The molecular formula is C25H41N3O3. The molecule has 174 valence electrons. The van der Waals surface area contributed by atoms with E-state index < -0.39 is 6.04 Å². The summed E-state index contributed by atoms with van der Waals surface area (Å²) in [6.45, 7) is 0.628. The summed E-state index contributed by atoms with van der Waals surface area (Å²) in [5, 5.41) is 6.35. The van der Waals surface area contributed by atoms with Gasteiger partial charge in [-0.2, -0.15) is 0 Å². The third-order valence-electron chi connectivity index (χ3n) is 8.19. The Bertz CT molecular complexity index is 634. The minimum atomic E-state index is -0.464. The first kappa shape index (κ1) is 22.6. The molecule has 1 aliphatic heterocycles. The van der Waals surface area contributed by atoms with Crippen molar-refractivity contribution < 1.29 is 14.4 Å². The number of nitrogens with one attached hydrogen (secondary N) is 2. The van der Waals surface area contributed by atoms with Gasteiger partial charge in [0, 0.05) is 19.0 Å². The lowest BCUT2D eigenvalue weighted by atomic mass is 9.83.